The van der Waals surface area contributed by atoms with Crippen LogP contribution in [-0.2, 0) is 7.05 Å². The molecule has 0 fully saturated rings. The predicted octanol–water partition coefficient (Wildman–Crippen LogP) is 2.81. The SMILES string of the molecule is Cc1cc2c(cc1-c1cncc[n+]1C)Oc1ccccc1[Si]2(C)C. The van der Waals surface area contributed by atoms with Crippen LogP contribution in [0.3, 0.4) is 0 Å². The van der Waals surface area contributed by atoms with Crippen molar-refractivity contribution in [1.29, 1.82) is 0 Å². The average molecular weight is 333 g/mol. The molecule has 0 saturated carbocycles. The normalized spacial score (nSPS) is 14.5. The summed E-state index contributed by atoms with van der Waals surface area (Å²) in [6, 6.07) is 13.0. The Hall–Kier alpha value is -2.46. The van der Waals surface area contributed by atoms with Gasteiger partial charge in [0.25, 0.3) is 0 Å². The zero-order valence-corrected chi connectivity index (χ0v) is 15.5. The van der Waals surface area contributed by atoms with E-state index in [-0.39, 0.29) is 0 Å². The minimum atomic E-state index is -1.75. The van der Waals surface area contributed by atoms with Gasteiger partial charge in [-0.05, 0) is 35.0 Å². The van der Waals surface area contributed by atoms with Gasteiger partial charge in [0.1, 0.15) is 26.6 Å². The maximum atomic E-state index is 6.28. The van der Waals surface area contributed by atoms with Crippen LogP contribution >= 0.6 is 0 Å². The highest BCUT2D eigenvalue weighted by Gasteiger charge is 2.37. The lowest BCUT2D eigenvalue weighted by Crippen LogP contribution is -2.56. The lowest BCUT2D eigenvalue weighted by Gasteiger charge is -2.33. The summed E-state index contributed by atoms with van der Waals surface area (Å²) in [6.45, 7) is 6.97. The van der Waals surface area contributed by atoms with E-state index in [0.717, 1.165) is 17.2 Å². The number of ether oxygens (including phenoxy) is 1. The van der Waals surface area contributed by atoms with Gasteiger partial charge in [0.15, 0.2) is 6.20 Å². The van der Waals surface area contributed by atoms with Crippen molar-refractivity contribution in [2.45, 2.75) is 20.0 Å². The van der Waals surface area contributed by atoms with Crippen LogP contribution < -0.4 is 19.7 Å². The molecular weight excluding hydrogens is 312 g/mol. The fraction of sp³-hybridized carbons (Fsp3) is 0.200. The average Bonchev–Trinajstić information content (AvgIpc) is 2.56. The predicted molar refractivity (Wildman–Crippen MR) is 98.9 cm³/mol. The van der Waals surface area contributed by atoms with E-state index in [9.17, 15) is 0 Å². The molecular formula is C20H21N2OSi+. The first kappa shape index (κ1) is 15.1. The van der Waals surface area contributed by atoms with E-state index in [1.807, 2.05) is 25.5 Å². The number of rotatable bonds is 1. The molecule has 4 heteroatoms. The molecule has 1 aromatic heterocycles. The van der Waals surface area contributed by atoms with E-state index < -0.39 is 8.07 Å². The molecule has 0 atom stereocenters. The van der Waals surface area contributed by atoms with Gasteiger partial charge in [0, 0.05) is 0 Å². The molecule has 2 heterocycles. The summed E-state index contributed by atoms with van der Waals surface area (Å²) in [7, 11) is 0.298. The van der Waals surface area contributed by atoms with Gasteiger partial charge in [-0.25, -0.2) is 0 Å². The summed E-state index contributed by atoms with van der Waals surface area (Å²) in [6.07, 6.45) is 5.69. The van der Waals surface area contributed by atoms with Crippen molar-refractivity contribution in [3.8, 4) is 22.8 Å². The Morgan fingerprint density at radius 3 is 2.62 bits per heavy atom. The number of fused-ring (bicyclic) bond motifs is 2. The zero-order chi connectivity index (χ0) is 16.9. The van der Waals surface area contributed by atoms with E-state index in [2.05, 4.69) is 59.9 Å². The van der Waals surface area contributed by atoms with Gasteiger partial charge >= 0.3 is 0 Å². The third kappa shape index (κ3) is 2.18. The zero-order valence-electron chi connectivity index (χ0n) is 14.5. The Morgan fingerprint density at radius 2 is 1.83 bits per heavy atom. The van der Waals surface area contributed by atoms with Crippen LogP contribution in [0.5, 0.6) is 11.5 Å². The minimum absolute atomic E-state index is 0.995. The Morgan fingerprint density at radius 1 is 1.04 bits per heavy atom. The quantitative estimate of drug-likeness (QED) is 0.506. The molecule has 0 bridgehead atoms. The van der Waals surface area contributed by atoms with Crippen molar-refractivity contribution >= 4 is 18.4 Å². The largest absolute Gasteiger partial charge is 0.458 e. The second-order valence-electron chi connectivity index (χ2n) is 6.96. The van der Waals surface area contributed by atoms with Crippen LogP contribution in [0.25, 0.3) is 11.3 Å². The third-order valence-corrected chi connectivity index (χ3v) is 8.51. The van der Waals surface area contributed by atoms with Crippen molar-refractivity contribution in [2.75, 3.05) is 0 Å². The number of hydrogen-bond donors (Lipinski definition) is 0. The highest BCUT2D eigenvalue weighted by molar-refractivity contribution is 7.01. The standard InChI is InChI=1S/C20H21N2OSi/c1-14-11-20-18(12-15(14)16-13-21-9-10-22(16)2)23-17-7-5-6-8-19(17)24(20,3)4/h5-13H,1-4H3/q+1. The minimum Gasteiger partial charge on any atom is -0.458 e. The summed E-state index contributed by atoms with van der Waals surface area (Å²) < 4.78 is 8.37. The lowest BCUT2D eigenvalue weighted by molar-refractivity contribution is -0.660. The van der Waals surface area contributed by atoms with Gasteiger partial charge in [-0.1, -0.05) is 37.4 Å². The molecule has 1 aliphatic heterocycles. The topological polar surface area (TPSA) is 26.0 Å². The van der Waals surface area contributed by atoms with Gasteiger partial charge in [-0.3, -0.25) is 4.98 Å². The van der Waals surface area contributed by atoms with Gasteiger partial charge in [0.2, 0.25) is 5.69 Å². The summed E-state index contributed by atoms with van der Waals surface area (Å²) in [5.74, 6) is 2.00. The van der Waals surface area contributed by atoms with Gasteiger partial charge in [-0.15, -0.1) is 0 Å². The van der Waals surface area contributed by atoms with E-state index >= 15 is 0 Å². The van der Waals surface area contributed by atoms with Crippen molar-refractivity contribution in [1.82, 2.24) is 4.98 Å². The Balaban J connectivity index is 1.93. The molecule has 0 spiro atoms. The fourth-order valence-corrected chi connectivity index (χ4v) is 6.43. The van der Waals surface area contributed by atoms with Crippen LogP contribution in [0.1, 0.15) is 5.56 Å². The van der Waals surface area contributed by atoms with Crippen LogP contribution in [0.15, 0.2) is 55.0 Å². The van der Waals surface area contributed by atoms with Crippen LogP contribution in [0, 0.1) is 6.92 Å². The third-order valence-electron chi connectivity index (χ3n) is 5.01. The lowest BCUT2D eigenvalue weighted by atomic mass is 10.1. The van der Waals surface area contributed by atoms with Crippen molar-refractivity contribution < 1.29 is 9.30 Å². The molecule has 3 aromatic rings. The van der Waals surface area contributed by atoms with Crippen LogP contribution in [0.4, 0.5) is 0 Å². The smallest absolute Gasteiger partial charge is 0.231 e. The molecule has 4 rings (SSSR count). The van der Waals surface area contributed by atoms with Crippen molar-refractivity contribution in [3.63, 3.8) is 0 Å². The number of nitrogens with zero attached hydrogens (tertiary/aromatic N) is 2. The Bertz CT molecular complexity index is 950. The first-order valence-electron chi connectivity index (χ1n) is 8.21. The molecule has 0 saturated heterocycles. The highest BCUT2D eigenvalue weighted by Crippen LogP contribution is 2.33. The molecule has 2 aromatic carbocycles. The van der Waals surface area contributed by atoms with Gasteiger partial charge in [0.05, 0.1) is 18.0 Å². The first-order chi connectivity index (χ1) is 11.5. The molecule has 24 heavy (non-hydrogen) atoms. The second kappa shape index (κ2) is 5.28. The molecule has 0 aliphatic carbocycles. The highest BCUT2D eigenvalue weighted by atomic mass is 28.3. The van der Waals surface area contributed by atoms with E-state index in [1.54, 1.807) is 6.20 Å². The van der Waals surface area contributed by atoms with Gasteiger partial charge in [-0.2, -0.15) is 4.57 Å². The summed E-state index contributed by atoms with van der Waals surface area (Å²) in [5.41, 5.74) is 3.54. The molecule has 120 valence electrons. The molecule has 0 unspecified atom stereocenters. The van der Waals surface area contributed by atoms with Crippen molar-refractivity contribution in [2.24, 2.45) is 7.05 Å². The van der Waals surface area contributed by atoms with E-state index in [4.69, 9.17) is 4.74 Å². The molecule has 3 nitrogen and oxygen atoms in total. The number of aryl methyl sites for hydroxylation is 2. The monoisotopic (exact) mass is 333 g/mol. The summed E-state index contributed by atoms with van der Waals surface area (Å²) in [4.78, 5) is 4.29. The molecule has 0 amide bonds. The summed E-state index contributed by atoms with van der Waals surface area (Å²) in [5, 5.41) is 2.74. The number of hydrogen-bond acceptors (Lipinski definition) is 2. The van der Waals surface area contributed by atoms with Crippen LogP contribution in [0.2, 0.25) is 13.1 Å². The maximum absolute atomic E-state index is 6.28. The van der Waals surface area contributed by atoms with Crippen LogP contribution in [-0.4, -0.2) is 13.1 Å². The van der Waals surface area contributed by atoms with Gasteiger partial charge < -0.3 is 4.74 Å². The van der Waals surface area contributed by atoms with E-state index in [1.165, 1.54) is 21.5 Å². The van der Waals surface area contributed by atoms with Crippen molar-refractivity contribution in [3.05, 3.63) is 60.6 Å². The Kier molecular flexibility index (Phi) is 3.32. The molecule has 1 aliphatic rings. The number of para-hydroxylation sites is 1. The molecule has 0 N–H and O–H groups in total. The van der Waals surface area contributed by atoms with E-state index in [0.29, 0.717) is 0 Å². The Labute approximate surface area is 143 Å². The first-order valence-corrected chi connectivity index (χ1v) is 11.2. The summed E-state index contributed by atoms with van der Waals surface area (Å²) >= 11 is 0. The number of benzene rings is 2. The second-order valence-corrected chi connectivity index (χ2v) is 11.3. The fourth-order valence-electron chi connectivity index (χ4n) is 3.56. The number of aromatic nitrogens is 2. The molecule has 0 radical (unpaired) electrons. The maximum Gasteiger partial charge on any atom is 0.231 e.